The van der Waals surface area contributed by atoms with Crippen molar-refractivity contribution in [2.24, 2.45) is 17.8 Å². The molecular formula is C41H57ClN4O4S. The second-order valence-corrected chi connectivity index (χ2v) is 18.3. The van der Waals surface area contributed by atoms with Crippen LogP contribution in [0.3, 0.4) is 0 Å². The minimum atomic E-state index is -1.54. The quantitative estimate of drug-likeness (QED) is 0.354. The molecule has 8 nitrogen and oxygen atoms in total. The lowest BCUT2D eigenvalue weighted by Crippen LogP contribution is -2.59. The molecule has 7 rings (SSSR count). The van der Waals surface area contributed by atoms with E-state index in [1.807, 2.05) is 38.3 Å². The number of hydrogen-bond acceptors (Lipinski definition) is 7. The normalized spacial score (nSPS) is 34.1. The molecule has 5 unspecified atom stereocenters. The van der Waals surface area contributed by atoms with Crippen LogP contribution in [0.1, 0.15) is 81.3 Å². The van der Waals surface area contributed by atoms with Crippen LogP contribution in [0.5, 0.6) is 5.75 Å². The van der Waals surface area contributed by atoms with E-state index in [0.717, 1.165) is 101 Å². The zero-order valence-corrected chi connectivity index (χ0v) is 32.7. The molecule has 2 bridgehead atoms. The number of fused-ring (bicyclic) bond motifs is 4. The number of methoxy groups -OCH3 is 1. The molecule has 0 aromatic heterocycles. The number of hydrogen-bond donors (Lipinski definition) is 1. The first kappa shape index (κ1) is 36.9. The molecule has 3 heterocycles. The number of benzene rings is 2. The lowest BCUT2D eigenvalue weighted by atomic mass is 9.63. The van der Waals surface area contributed by atoms with Crippen molar-refractivity contribution in [3.05, 3.63) is 70.3 Å². The van der Waals surface area contributed by atoms with Crippen LogP contribution in [0, 0.1) is 17.8 Å². The second-order valence-electron chi connectivity index (χ2n) is 16.3. The molecule has 1 amide bonds. The second kappa shape index (κ2) is 15.1. The third-order valence-corrected chi connectivity index (χ3v) is 14.8. The maximum atomic E-state index is 13.6. The average Bonchev–Trinajstić information content (AvgIpc) is 3.25. The number of piperazine rings is 1. The summed E-state index contributed by atoms with van der Waals surface area (Å²) in [4.78, 5) is 21.3. The van der Waals surface area contributed by atoms with E-state index in [9.17, 15) is 9.00 Å². The van der Waals surface area contributed by atoms with Crippen molar-refractivity contribution in [1.82, 2.24) is 14.5 Å². The Morgan fingerprint density at radius 1 is 1.10 bits per heavy atom. The first-order valence-electron chi connectivity index (χ1n) is 19.2. The van der Waals surface area contributed by atoms with Gasteiger partial charge in [-0.15, -0.1) is 0 Å². The Labute approximate surface area is 312 Å². The number of amides is 1. The Balaban J connectivity index is 1.27. The van der Waals surface area contributed by atoms with Crippen LogP contribution in [-0.2, 0) is 27.6 Å². The van der Waals surface area contributed by atoms with E-state index in [-0.39, 0.29) is 22.5 Å². The number of aryl methyl sites for hydroxylation is 1. The highest BCUT2D eigenvalue weighted by atomic mass is 35.5. The van der Waals surface area contributed by atoms with Gasteiger partial charge in [-0.25, -0.2) is 4.21 Å². The van der Waals surface area contributed by atoms with Gasteiger partial charge in [0.1, 0.15) is 22.3 Å². The van der Waals surface area contributed by atoms with E-state index < -0.39 is 16.6 Å². The number of nitrogens with zero attached hydrogens (tertiary/aromatic N) is 3. The summed E-state index contributed by atoms with van der Waals surface area (Å²) in [6.07, 6.45) is 10.7. The molecule has 2 aromatic rings. The molecule has 2 aliphatic carbocycles. The van der Waals surface area contributed by atoms with Gasteiger partial charge in [0.15, 0.2) is 0 Å². The van der Waals surface area contributed by atoms with Crippen molar-refractivity contribution in [3.8, 4) is 5.75 Å². The maximum absolute atomic E-state index is 13.6. The van der Waals surface area contributed by atoms with Crippen LogP contribution < -0.4 is 14.4 Å². The maximum Gasteiger partial charge on any atom is 0.263 e. The largest absolute Gasteiger partial charge is 0.490 e. The van der Waals surface area contributed by atoms with Crippen LogP contribution in [0.25, 0.3) is 0 Å². The van der Waals surface area contributed by atoms with Crippen LogP contribution in [0.15, 0.2) is 48.6 Å². The first-order valence-corrected chi connectivity index (χ1v) is 20.8. The van der Waals surface area contributed by atoms with Gasteiger partial charge < -0.3 is 14.4 Å². The van der Waals surface area contributed by atoms with Gasteiger partial charge in [-0.05, 0) is 119 Å². The van der Waals surface area contributed by atoms with Crippen molar-refractivity contribution in [1.29, 1.82) is 0 Å². The number of rotatable bonds is 4. The van der Waals surface area contributed by atoms with E-state index in [2.05, 4.69) is 64.5 Å². The van der Waals surface area contributed by atoms with E-state index in [1.165, 1.54) is 11.1 Å². The summed E-state index contributed by atoms with van der Waals surface area (Å²) < 4.78 is 29.8. The summed E-state index contributed by atoms with van der Waals surface area (Å²) in [5, 5.41) is 0.557. The lowest BCUT2D eigenvalue weighted by Gasteiger charge is -2.52. The summed E-state index contributed by atoms with van der Waals surface area (Å²) in [6.45, 7) is 15.9. The summed E-state index contributed by atoms with van der Waals surface area (Å²) in [5.41, 5.74) is 3.44. The third kappa shape index (κ3) is 7.40. The Morgan fingerprint density at radius 3 is 2.63 bits per heavy atom. The average molecular weight is 737 g/mol. The summed E-state index contributed by atoms with van der Waals surface area (Å²) in [7, 11) is 0.365. The zero-order valence-electron chi connectivity index (χ0n) is 31.2. The Morgan fingerprint density at radius 2 is 1.90 bits per heavy atom. The fourth-order valence-corrected chi connectivity index (χ4v) is 10.7. The number of ether oxygens (including phenoxy) is 2. The number of nitrogens with one attached hydrogen (secondary N) is 1. The van der Waals surface area contributed by atoms with Crippen molar-refractivity contribution in [3.63, 3.8) is 0 Å². The van der Waals surface area contributed by atoms with Gasteiger partial charge >= 0.3 is 0 Å². The SMILES string of the molecule is CO[C@]1(CN2CCN(C(C)C)CC2)/C=C/CC(C)C(C)S(=O)NC(=O)c2ccc3c(c2)N(CC2CCC21)C[C@@]1(CCCc2cc(Cl)ccc21)CO3. The third-order valence-electron chi connectivity index (χ3n) is 13.0. The Kier molecular flexibility index (Phi) is 11.0. The van der Waals surface area contributed by atoms with E-state index >= 15 is 0 Å². The zero-order chi connectivity index (χ0) is 35.9. The Hall–Kier alpha value is -2.43. The van der Waals surface area contributed by atoms with Crippen molar-refractivity contribution < 1.29 is 18.5 Å². The van der Waals surface area contributed by atoms with Gasteiger partial charge in [0.05, 0.1) is 17.5 Å². The molecule has 7 atom stereocenters. The molecule has 0 radical (unpaired) electrons. The van der Waals surface area contributed by atoms with Gasteiger partial charge in [0.25, 0.3) is 5.91 Å². The number of halogens is 1. The fourth-order valence-electron chi connectivity index (χ4n) is 9.46. The number of carbonyl (C=O) groups excluding carboxylic acids is 1. The molecule has 3 aliphatic heterocycles. The van der Waals surface area contributed by atoms with Gasteiger partial charge in [-0.3, -0.25) is 19.3 Å². The van der Waals surface area contributed by atoms with Crippen molar-refractivity contribution in [2.45, 2.75) is 88.5 Å². The number of anilines is 1. The van der Waals surface area contributed by atoms with Crippen LogP contribution in [-0.4, -0.2) is 96.3 Å². The molecule has 1 saturated carbocycles. The first-order chi connectivity index (χ1) is 24.5. The van der Waals surface area contributed by atoms with E-state index in [4.69, 9.17) is 21.1 Å². The smallest absolute Gasteiger partial charge is 0.263 e. The molecule has 10 heteroatoms. The van der Waals surface area contributed by atoms with Gasteiger partial charge in [-0.1, -0.05) is 36.7 Å². The molecule has 1 N–H and O–H groups in total. The van der Waals surface area contributed by atoms with Crippen LogP contribution in [0.2, 0.25) is 5.02 Å². The lowest BCUT2D eigenvalue weighted by molar-refractivity contribution is -0.0961. The van der Waals surface area contributed by atoms with Crippen molar-refractivity contribution >= 4 is 34.2 Å². The molecule has 2 aromatic carbocycles. The van der Waals surface area contributed by atoms with Crippen LogP contribution in [0.4, 0.5) is 5.69 Å². The standard InChI is InChI=1S/C41H57ClN4O4S/c1-28(2)45-20-18-44(19-21-45)26-41(49-5)17-6-8-29(3)30(4)51(48)43-39(47)32-11-15-38-37(23-32)46(24-33-10-13-36(33)41)25-40(27-50-38)16-7-9-31-22-34(42)12-14-35(31)40/h6,11-12,14-15,17,22-23,28-30,33,36H,7-10,13,16,18-21,24-27H2,1-5H3,(H,43,47)/b17-6+/t29?,30?,33?,36?,40-,41-,51?/m0/s1. The van der Waals surface area contributed by atoms with E-state index in [0.29, 0.717) is 30.0 Å². The predicted molar refractivity (Wildman–Crippen MR) is 207 cm³/mol. The molecule has 2 fully saturated rings. The molecule has 1 saturated heterocycles. The highest BCUT2D eigenvalue weighted by molar-refractivity contribution is 7.84. The topological polar surface area (TPSA) is 74.4 Å². The molecule has 51 heavy (non-hydrogen) atoms. The fraction of sp³-hybridized carbons (Fsp3) is 0.634. The van der Waals surface area contributed by atoms with Crippen molar-refractivity contribution in [2.75, 3.05) is 64.4 Å². The summed E-state index contributed by atoms with van der Waals surface area (Å²) >= 11 is 6.51. The number of allylic oxidation sites excluding steroid dienone is 1. The van der Waals surface area contributed by atoms with Gasteiger partial charge in [0.2, 0.25) is 0 Å². The molecule has 1 spiro atoms. The Bertz CT molecular complexity index is 1650. The molecular weight excluding hydrogens is 680 g/mol. The molecule has 5 aliphatic rings. The van der Waals surface area contributed by atoms with Gasteiger partial charge in [0, 0.05) is 75.0 Å². The van der Waals surface area contributed by atoms with Gasteiger partial charge in [-0.2, -0.15) is 0 Å². The molecule has 278 valence electrons. The summed E-state index contributed by atoms with van der Waals surface area (Å²) in [5.74, 6) is 1.33. The minimum absolute atomic E-state index is 0.108. The highest BCUT2D eigenvalue weighted by Crippen LogP contribution is 2.49. The predicted octanol–water partition coefficient (Wildman–Crippen LogP) is 6.63. The highest BCUT2D eigenvalue weighted by Gasteiger charge is 2.50. The minimum Gasteiger partial charge on any atom is -0.490 e. The summed E-state index contributed by atoms with van der Waals surface area (Å²) in [6, 6.07) is 12.7. The number of carbonyl (C=O) groups is 1. The van der Waals surface area contributed by atoms with Crippen LogP contribution >= 0.6 is 11.6 Å². The monoisotopic (exact) mass is 736 g/mol. The van der Waals surface area contributed by atoms with E-state index in [1.54, 1.807) is 0 Å².